The van der Waals surface area contributed by atoms with E-state index in [1.54, 1.807) is 0 Å². The molecule has 0 saturated carbocycles. The van der Waals surface area contributed by atoms with Gasteiger partial charge < -0.3 is 42.1 Å². The zero-order valence-electron chi connectivity index (χ0n) is 19.1. The highest BCUT2D eigenvalue weighted by atomic mass is 28.5. The molecule has 0 N–H and O–H groups in total. The van der Waals surface area contributed by atoms with Crippen LogP contribution in [0.2, 0.25) is 52.4 Å². The predicted molar refractivity (Wildman–Crippen MR) is 122 cm³/mol. The van der Waals surface area contributed by atoms with E-state index in [1.165, 1.54) is 21.3 Å². The number of hydrogen-bond acceptors (Lipinski definition) is 10. The van der Waals surface area contributed by atoms with Gasteiger partial charge in [-0.2, -0.15) is 0 Å². The van der Waals surface area contributed by atoms with E-state index < -0.39 is 43.8 Å². The van der Waals surface area contributed by atoms with E-state index in [0.717, 1.165) is 0 Å². The van der Waals surface area contributed by atoms with Gasteiger partial charge in [-0.05, 0) is 52.4 Å². The second kappa shape index (κ2) is 13.8. The van der Waals surface area contributed by atoms with Crippen molar-refractivity contribution in [3.8, 4) is 0 Å². The fourth-order valence-electron chi connectivity index (χ4n) is 2.44. The highest BCUT2D eigenvalue weighted by molar-refractivity contribution is 6.88. The maximum atomic E-state index is 6.42. The standard InChI is InChI=1S/C11H33O10Si8/c1-12-22-15-29(16-23-13-2,17-24-14-3)21-28(10,11)20-27(8,9)19-26(6,7)18-25(4)5/h1-11H3. The van der Waals surface area contributed by atoms with Gasteiger partial charge in [0.15, 0.2) is 9.04 Å². The van der Waals surface area contributed by atoms with Gasteiger partial charge in [0.05, 0.1) is 0 Å². The van der Waals surface area contributed by atoms with E-state index in [4.69, 9.17) is 42.1 Å². The van der Waals surface area contributed by atoms with Crippen LogP contribution in [0, 0.1) is 0 Å². The molecule has 0 aromatic rings. The molecule has 0 aromatic carbocycles. The first-order chi connectivity index (χ1) is 13.2. The van der Waals surface area contributed by atoms with Gasteiger partial charge >= 0.3 is 64.8 Å². The normalized spacial score (nSPS) is 14.1. The summed E-state index contributed by atoms with van der Waals surface area (Å²) < 4.78 is 57.5. The van der Waals surface area contributed by atoms with E-state index in [-0.39, 0.29) is 30.0 Å². The lowest BCUT2D eigenvalue weighted by Gasteiger charge is -2.40. The van der Waals surface area contributed by atoms with Crippen LogP contribution in [0.1, 0.15) is 0 Å². The zero-order chi connectivity index (χ0) is 22.8. The molecular formula is C11H33O10Si8. The van der Waals surface area contributed by atoms with Crippen molar-refractivity contribution in [2.24, 2.45) is 0 Å². The second-order valence-corrected chi connectivity index (χ2v) is 25.8. The smallest absolute Gasteiger partial charge is 0.437 e. The number of rotatable bonds is 17. The topological polar surface area (TPSA) is 92.3 Å². The minimum absolute atomic E-state index is 0.328. The lowest BCUT2D eigenvalue weighted by Crippen LogP contribution is -2.62. The molecule has 0 unspecified atom stereocenters. The van der Waals surface area contributed by atoms with Crippen LogP contribution in [0.5, 0.6) is 0 Å². The summed E-state index contributed by atoms with van der Waals surface area (Å²) in [7, 11) is -8.65. The van der Waals surface area contributed by atoms with Crippen molar-refractivity contribution >= 4 is 73.8 Å². The first-order valence-corrected chi connectivity index (χ1v) is 23.6. The number of hydrogen-bond donors (Lipinski definition) is 0. The van der Waals surface area contributed by atoms with Crippen molar-refractivity contribution in [3.63, 3.8) is 0 Å². The largest absolute Gasteiger partial charge is 0.643 e. The summed E-state index contributed by atoms with van der Waals surface area (Å²) in [5.41, 5.74) is 0. The van der Waals surface area contributed by atoms with Gasteiger partial charge in [-0.15, -0.1) is 0 Å². The minimum atomic E-state index is -3.63. The van der Waals surface area contributed by atoms with Crippen LogP contribution in [0.4, 0.5) is 0 Å². The molecule has 29 heavy (non-hydrogen) atoms. The van der Waals surface area contributed by atoms with Crippen molar-refractivity contribution in [1.29, 1.82) is 0 Å². The molecule has 0 rings (SSSR count). The quantitative estimate of drug-likeness (QED) is 0.248. The van der Waals surface area contributed by atoms with Crippen LogP contribution in [0.25, 0.3) is 0 Å². The Morgan fingerprint density at radius 1 is 0.552 bits per heavy atom. The van der Waals surface area contributed by atoms with Crippen molar-refractivity contribution in [1.82, 2.24) is 0 Å². The average molecular weight is 550 g/mol. The highest BCUT2D eigenvalue weighted by Gasteiger charge is 2.53. The third-order valence-corrected chi connectivity index (χ3v) is 21.5. The minimum Gasteiger partial charge on any atom is -0.437 e. The van der Waals surface area contributed by atoms with Crippen molar-refractivity contribution in [2.45, 2.75) is 52.4 Å². The van der Waals surface area contributed by atoms with Gasteiger partial charge in [-0.25, -0.2) is 0 Å². The summed E-state index contributed by atoms with van der Waals surface area (Å²) in [6, 6.07) is 0. The molecule has 0 atom stereocenters. The molecule has 0 bridgehead atoms. The lowest BCUT2D eigenvalue weighted by molar-refractivity contribution is 0.116. The molecule has 0 saturated heterocycles. The first kappa shape index (κ1) is 30.3. The molecule has 0 amide bonds. The molecule has 0 aliphatic rings. The predicted octanol–water partition coefficient (Wildman–Crippen LogP) is 1.44. The van der Waals surface area contributed by atoms with Crippen molar-refractivity contribution in [2.75, 3.05) is 21.3 Å². The van der Waals surface area contributed by atoms with Gasteiger partial charge in [0.25, 0.3) is 0 Å². The van der Waals surface area contributed by atoms with Gasteiger partial charge in [0, 0.05) is 21.3 Å². The van der Waals surface area contributed by atoms with Crippen LogP contribution in [0.15, 0.2) is 0 Å². The highest BCUT2D eigenvalue weighted by Crippen LogP contribution is 2.25. The van der Waals surface area contributed by atoms with E-state index in [9.17, 15) is 0 Å². The summed E-state index contributed by atoms with van der Waals surface area (Å²) in [5, 5.41) is 0. The van der Waals surface area contributed by atoms with Crippen LogP contribution < -0.4 is 0 Å². The van der Waals surface area contributed by atoms with Crippen LogP contribution in [-0.2, 0) is 42.1 Å². The molecule has 7 radical (unpaired) electrons. The van der Waals surface area contributed by atoms with E-state index in [1.807, 2.05) is 39.3 Å². The molecule has 0 fully saturated rings. The Labute approximate surface area is 189 Å². The molecule has 169 valence electrons. The van der Waals surface area contributed by atoms with E-state index in [2.05, 4.69) is 13.1 Å². The molecule has 0 aromatic heterocycles. The Hall–Kier alpha value is 1.34. The molecule has 0 spiro atoms. The maximum absolute atomic E-state index is 6.42. The molecule has 10 nitrogen and oxygen atoms in total. The zero-order valence-corrected chi connectivity index (χ0v) is 27.1. The Balaban J connectivity index is 5.39. The molecule has 0 aliphatic carbocycles. The molecule has 18 heteroatoms. The van der Waals surface area contributed by atoms with Crippen LogP contribution in [0.3, 0.4) is 0 Å². The van der Waals surface area contributed by atoms with Gasteiger partial charge in [0.1, 0.15) is 0 Å². The maximum Gasteiger partial charge on any atom is 0.643 e. The van der Waals surface area contributed by atoms with Crippen LogP contribution >= 0.6 is 0 Å². The summed E-state index contributed by atoms with van der Waals surface area (Å²) in [6.07, 6.45) is 0. The Bertz CT molecular complexity index is 434. The lowest BCUT2D eigenvalue weighted by atomic mass is 11.8. The Morgan fingerprint density at radius 2 is 0.897 bits per heavy atom. The molecule has 0 heterocycles. The Morgan fingerprint density at radius 3 is 1.24 bits per heavy atom. The average Bonchev–Trinajstić information content (AvgIpc) is 2.52. The fraction of sp³-hybridized carbons (Fsp3) is 1.00. The Kier molecular flexibility index (Phi) is 14.4. The SMILES string of the molecule is CO[Si]O[Si](O[Si]OC)(O[Si]OC)O[Si](C)(C)O[Si](C)(C)O[Si](C)(C)O[Si](C)C. The third-order valence-electron chi connectivity index (χ3n) is 2.55. The fourth-order valence-corrected chi connectivity index (χ4v) is 25.4. The van der Waals surface area contributed by atoms with Crippen LogP contribution in [-0.4, -0.2) is 95.1 Å². The molecular weight excluding hydrogens is 517 g/mol. The van der Waals surface area contributed by atoms with Gasteiger partial charge in [-0.3, -0.25) is 0 Å². The van der Waals surface area contributed by atoms with Crippen molar-refractivity contribution in [3.05, 3.63) is 0 Å². The first-order valence-electron chi connectivity index (χ1n) is 8.69. The van der Waals surface area contributed by atoms with Gasteiger partial charge in [0.2, 0.25) is 0 Å². The van der Waals surface area contributed by atoms with Gasteiger partial charge in [-0.1, -0.05) is 0 Å². The van der Waals surface area contributed by atoms with E-state index >= 15 is 0 Å². The summed E-state index contributed by atoms with van der Waals surface area (Å²) >= 11 is 0. The third kappa shape index (κ3) is 14.2. The molecule has 0 aliphatic heterocycles. The van der Waals surface area contributed by atoms with E-state index in [0.29, 0.717) is 0 Å². The monoisotopic (exact) mass is 549 g/mol. The summed E-state index contributed by atoms with van der Waals surface area (Å²) in [5.74, 6) is 0. The summed E-state index contributed by atoms with van der Waals surface area (Å²) in [4.78, 5) is 0. The second-order valence-electron chi connectivity index (χ2n) is 7.18. The summed E-state index contributed by atoms with van der Waals surface area (Å²) in [6.45, 7) is 16.0. The van der Waals surface area contributed by atoms with Crippen molar-refractivity contribution < 1.29 is 42.1 Å².